The molecule has 132 valence electrons. The van der Waals surface area contributed by atoms with Gasteiger partial charge in [-0.3, -0.25) is 9.59 Å². The Labute approximate surface area is 144 Å². The highest BCUT2D eigenvalue weighted by molar-refractivity contribution is 5.81. The lowest BCUT2D eigenvalue weighted by molar-refractivity contribution is -0.148. The second-order valence-electron chi connectivity index (χ2n) is 5.83. The Kier molecular flexibility index (Phi) is 5.03. The SMILES string of the molecule is CC(C(=O)N1CCOCC1CC(=O)O)n1nnc(-c2ccccc2)n1. The van der Waals surface area contributed by atoms with Gasteiger partial charge in [0.05, 0.1) is 25.7 Å². The number of carbonyl (C=O) groups is 2. The van der Waals surface area contributed by atoms with Crippen LogP contribution in [0.15, 0.2) is 30.3 Å². The second kappa shape index (κ2) is 7.39. The zero-order chi connectivity index (χ0) is 17.8. The summed E-state index contributed by atoms with van der Waals surface area (Å²) in [4.78, 5) is 26.6. The predicted molar refractivity (Wildman–Crippen MR) is 86.5 cm³/mol. The third-order valence-corrected chi connectivity index (χ3v) is 4.08. The summed E-state index contributed by atoms with van der Waals surface area (Å²) in [7, 11) is 0. The number of carbonyl (C=O) groups excluding carboxylic acids is 1. The van der Waals surface area contributed by atoms with Crippen molar-refractivity contribution in [2.75, 3.05) is 19.8 Å². The standard InChI is InChI=1S/C16H19N5O4/c1-11(16(24)20-7-8-25-10-13(20)9-14(22)23)21-18-15(17-19-21)12-5-3-2-4-6-12/h2-6,11,13H,7-10H2,1H3,(H,22,23). The van der Waals surface area contributed by atoms with Crippen molar-refractivity contribution < 1.29 is 19.4 Å². The molecule has 0 aliphatic carbocycles. The summed E-state index contributed by atoms with van der Waals surface area (Å²) in [6.07, 6.45) is -0.154. The van der Waals surface area contributed by atoms with Gasteiger partial charge in [0.25, 0.3) is 0 Å². The normalized spacial score (nSPS) is 18.8. The summed E-state index contributed by atoms with van der Waals surface area (Å²) in [6.45, 7) is 2.62. The fraction of sp³-hybridized carbons (Fsp3) is 0.438. The molecule has 25 heavy (non-hydrogen) atoms. The maximum atomic E-state index is 12.8. The van der Waals surface area contributed by atoms with Crippen LogP contribution in [0.5, 0.6) is 0 Å². The molecule has 1 aromatic carbocycles. The molecule has 0 radical (unpaired) electrons. The van der Waals surface area contributed by atoms with Crippen LogP contribution >= 0.6 is 0 Å². The minimum atomic E-state index is -0.966. The minimum Gasteiger partial charge on any atom is -0.481 e. The van der Waals surface area contributed by atoms with Crippen molar-refractivity contribution in [1.29, 1.82) is 0 Å². The van der Waals surface area contributed by atoms with Crippen LogP contribution in [-0.4, -0.2) is 67.9 Å². The maximum absolute atomic E-state index is 12.8. The quantitative estimate of drug-likeness (QED) is 0.845. The number of rotatable bonds is 5. The van der Waals surface area contributed by atoms with E-state index in [9.17, 15) is 9.59 Å². The van der Waals surface area contributed by atoms with Gasteiger partial charge in [-0.1, -0.05) is 30.3 Å². The van der Waals surface area contributed by atoms with Crippen LogP contribution in [0.4, 0.5) is 0 Å². The van der Waals surface area contributed by atoms with Crippen molar-refractivity contribution in [1.82, 2.24) is 25.1 Å². The van der Waals surface area contributed by atoms with Crippen LogP contribution in [0.3, 0.4) is 0 Å². The van der Waals surface area contributed by atoms with Crippen LogP contribution in [0.1, 0.15) is 19.4 Å². The van der Waals surface area contributed by atoms with E-state index in [4.69, 9.17) is 9.84 Å². The van der Waals surface area contributed by atoms with Crippen LogP contribution in [0, 0.1) is 0 Å². The first-order chi connectivity index (χ1) is 12.1. The first-order valence-corrected chi connectivity index (χ1v) is 8.01. The van der Waals surface area contributed by atoms with Crippen LogP contribution in [-0.2, 0) is 14.3 Å². The molecule has 9 nitrogen and oxygen atoms in total. The number of aromatic nitrogens is 4. The van der Waals surface area contributed by atoms with Crippen molar-refractivity contribution in [3.05, 3.63) is 30.3 Å². The van der Waals surface area contributed by atoms with Gasteiger partial charge in [0, 0.05) is 12.1 Å². The first-order valence-electron chi connectivity index (χ1n) is 8.01. The lowest BCUT2D eigenvalue weighted by Crippen LogP contribution is -2.51. The zero-order valence-electron chi connectivity index (χ0n) is 13.8. The van der Waals surface area contributed by atoms with Crippen LogP contribution in [0.25, 0.3) is 11.4 Å². The summed E-state index contributed by atoms with van der Waals surface area (Å²) in [5.74, 6) is -0.776. The molecule has 0 spiro atoms. The van der Waals surface area contributed by atoms with E-state index in [2.05, 4.69) is 15.4 Å². The highest BCUT2D eigenvalue weighted by Gasteiger charge is 2.33. The topological polar surface area (TPSA) is 110 Å². The molecular weight excluding hydrogens is 326 g/mol. The summed E-state index contributed by atoms with van der Waals surface area (Å²) < 4.78 is 5.30. The van der Waals surface area contributed by atoms with Crippen molar-refractivity contribution in [3.8, 4) is 11.4 Å². The average Bonchev–Trinajstić information content (AvgIpc) is 3.11. The number of carboxylic acid groups (broad SMARTS) is 1. The maximum Gasteiger partial charge on any atom is 0.305 e. The summed E-state index contributed by atoms with van der Waals surface area (Å²) in [6, 6.07) is 8.18. The van der Waals surface area contributed by atoms with E-state index in [0.717, 1.165) is 5.56 Å². The van der Waals surface area contributed by atoms with E-state index in [1.807, 2.05) is 30.3 Å². The Bertz CT molecular complexity index is 748. The predicted octanol–water partition coefficient (Wildman–Crippen LogP) is 0.603. The number of nitrogens with zero attached hydrogens (tertiary/aromatic N) is 5. The van der Waals surface area contributed by atoms with Gasteiger partial charge < -0.3 is 14.7 Å². The van der Waals surface area contributed by atoms with E-state index in [-0.39, 0.29) is 18.9 Å². The van der Waals surface area contributed by atoms with E-state index >= 15 is 0 Å². The van der Waals surface area contributed by atoms with Crippen LogP contribution < -0.4 is 0 Å². The van der Waals surface area contributed by atoms with E-state index < -0.39 is 18.1 Å². The fourth-order valence-electron chi connectivity index (χ4n) is 2.75. The van der Waals surface area contributed by atoms with E-state index in [0.29, 0.717) is 19.0 Å². The molecule has 1 fully saturated rings. The highest BCUT2D eigenvalue weighted by atomic mass is 16.5. The van der Waals surface area contributed by atoms with Gasteiger partial charge in [0.15, 0.2) is 0 Å². The Balaban J connectivity index is 1.75. The Morgan fingerprint density at radius 2 is 2.12 bits per heavy atom. The molecular formula is C16H19N5O4. The van der Waals surface area contributed by atoms with Crippen LogP contribution in [0.2, 0.25) is 0 Å². The molecule has 2 atom stereocenters. The second-order valence-corrected chi connectivity index (χ2v) is 5.83. The molecule has 9 heteroatoms. The number of morpholine rings is 1. The number of hydrogen-bond donors (Lipinski definition) is 1. The molecule has 3 rings (SSSR count). The first kappa shape index (κ1) is 17.0. The monoisotopic (exact) mass is 345 g/mol. The van der Waals surface area contributed by atoms with Gasteiger partial charge in [-0.25, -0.2) is 0 Å². The molecule has 1 aliphatic heterocycles. The lowest BCUT2D eigenvalue weighted by Gasteiger charge is -2.36. The summed E-state index contributed by atoms with van der Waals surface area (Å²) in [5.41, 5.74) is 0.809. The van der Waals surface area contributed by atoms with Crippen molar-refractivity contribution in [2.24, 2.45) is 0 Å². The number of benzene rings is 1. The minimum absolute atomic E-state index is 0.154. The molecule has 0 saturated carbocycles. The summed E-state index contributed by atoms with van der Waals surface area (Å²) in [5, 5.41) is 21.3. The van der Waals surface area contributed by atoms with E-state index in [1.165, 1.54) is 9.70 Å². The number of hydrogen-bond acceptors (Lipinski definition) is 6. The van der Waals surface area contributed by atoms with E-state index in [1.54, 1.807) is 6.92 Å². The third kappa shape index (κ3) is 3.82. The molecule has 1 aliphatic rings. The Morgan fingerprint density at radius 1 is 1.36 bits per heavy atom. The fourth-order valence-corrected chi connectivity index (χ4v) is 2.75. The molecule has 1 amide bonds. The van der Waals surface area contributed by atoms with Crippen molar-refractivity contribution in [3.63, 3.8) is 0 Å². The highest BCUT2D eigenvalue weighted by Crippen LogP contribution is 2.18. The van der Waals surface area contributed by atoms with Crippen molar-refractivity contribution >= 4 is 11.9 Å². The smallest absolute Gasteiger partial charge is 0.305 e. The lowest BCUT2D eigenvalue weighted by atomic mass is 10.1. The largest absolute Gasteiger partial charge is 0.481 e. The average molecular weight is 345 g/mol. The molecule has 1 saturated heterocycles. The number of aliphatic carboxylic acids is 1. The summed E-state index contributed by atoms with van der Waals surface area (Å²) >= 11 is 0. The molecule has 1 aromatic heterocycles. The zero-order valence-corrected chi connectivity index (χ0v) is 13.8. The van der Waals surface area contributed by atoms with Gasteiger partial charge in [-0.15, -0.1) is 10.2 Å². The number of carboxylic acids is 1. The molecule has 2 aromatic rings. The van der Waals surface area contributed by atoms with Gasteiger partial charge in [0.1, 0.15) is 6.04 Å². The van der Waals surface area contributed by atoms with Gasteiger partial charge in [0.2, 0.25) is 11.7 Å². The van der Waals surface area contributed by atoms with Gasteiger partial charge >= 0.3 is 5.97 Å². The molecule has 1 N–H and O–H groups in total. The van der Waals surface area contributed by atoms with Gasteiger partial charge in [-0.05, 0) is 12.1 Å². The Hall–Kier alpha value is -2.81. The molecule has 0 bridgehead atoms. The molecule has 2 unspecified atom stereocenters. The van der Waals surface area contributed by atoms with Gasteiger partial charge in [-0.2, -0.15) is 4.80 Å². The molecule has 2 heterocycles. The third-order valence-electron chi connectivity index (χ3n) is 4.08. The number of ether oxygens (including phenoxy) is 1. The Morgan fingerprint density at radius 3 is 2.84 bits per heavy atom. The number of amides is 1. The number of tetrazole rings is 1. The van der Waals surface area contributed by atoms with Crippen molar-refractivity contribution in [2.45, 2.75) is 25.4 Å².